The van der Waals surface area contributed by atoms with Crippen molar-refractivity contribution in [3.05, 3.63) is 66.5 Å². The summed E-state index contributed by atoms with van der Waals surface area (Å²) in [5.74, 6) is 0.944. The number of rotatable bonds is 8. The number of fused-ring (bicyclic) bond motifs is 2. The van der Waals surface area contributed by atoms with Crippen LogP contribution in [0, 0.1) is 0 Å². The molecule has 0 saturated carbocycles. The zero-order valence-electron chi connectivity index (χ0n) is 14.2. The smallest absolute Gasteiger partial charge is 0.128 e. The molecule has 4 rings (SSSR count). The lowest BCUT2D eigenvalue weighted by Crippen LogP contribution is -2.22. The molecule has 2 aromatic carbocycles. The Hall–Kier alpha value is -2.72. The van der Waals surface area contributed by atoms with Gasteiger partial charge in [-0.2, -0.15) is 0 Å². The minimum absolute atomic E-state index is 0.678. The Morgan fingerprint density at radius 1 is 0.840 bits per heavy atom. The van der Waals surface area contributed by atoms with Crippen molar-refractivity contribution in [1.82, 2.24) is 15.3 Å². The largest absolute Gasteiger partial charge is 0.492 e. The molecular weight excluding hydrogens is 310 g/mol. The minimum Gasteiger partial charge on any atom is -0.492 e. The first-order chi connectivity index (χ1) is 12.4. The average Bonchev–Trinajstić information content (AvgIpc) is 3.28. The van der Waals surface area contributed by atoms with E-state index in [0.717, 1.165) is 42.6 Å². The lowest BCUT2D eigenvalue weighted by molar-refractivity contribution is 0.317. The Morgan fingerprint density at radius 2 is 1.72 bits per heavy atom. The predicted molar refractivity (Wildman–Crippen MR) is 103 cm³/mol. The summed E-state index contributed by atoms with van der Waals surface area (Å²) in [6, 6.07) is 16.6. The van der Waals surface area contributed by atoms with Gasteiger partial charge in [0.1, 0.15) is 12.4 Å². The maximum absolute atomic E-state index is 5.90. The minimum atomic E-state index is 0.678. The van der Waals surface area contributed by atoms with E-state index in [-0.39, 0.29) is 0 Å². The fourth-order valence-electron chi connectivity index (χ4n) is 3.28. The molecule has 4 heteroatoms. The van der Waals surface area contributed by atoms with Crippen molar-refractivity contribution < 1.29 is 4.74 Å². The molecule has 128 valence electrons. The van der Waals surface area contributed by atoms with Crippen LogP contribution in [0.15, 0.2) is 60.9 Å². The van der Waals surface area contributed by atoms with Gasteiger partial charge in [0.05, 0.1) is 0 Å². The maximum atomic E-state index is 5.90. The van der Waals surface area contributed by atoms with E-state index in [1.54, 1.807) is 0 Å². The second kappa shape index (κ2) is 7.45. The Balaban J connectivity index is 1.18. The molecule has 25 heavy (non-hydrogen) atoms. The molecule has 0 fully saturated rings. The number of aromatic amines is 2. The van der Waals surface area contributed by atoms with E-state index >= 15 is 0 Å². The molecule has 0 atom stereocenters. The van der Waals surface area contributed by atoms with Gasteiger partial charge in [-0.1, -0.05) is 24.3 Å². The number of aromatic nitrogens is 2. The zero-order valence-corrected chi connectivity index (χ0v) is 14.2. The summed E-state index contributed by atoms with van der Waals surface area (Å²) in [4.78, 5) is 6.54. The standard InChI is InChI=1S/C21H23N3O/c1-2-7-19-17(6-1)16(15-24-19)5-4-11-22-13-14-25-21-9-3-8-20-18(21)10-12-23-20/h1-3,6-10,12,15,22-24H,4-5,11,13-14H2. The Bertz CT molecular complexity index is 954. The number of hydrogen-bond donors (Lipinski definition) is 3. The summed E-state index contributed by atoms with van der Waals surface area (Å²) in [5, 5.41) is 5.94. The summed E-state index contributed by atoms with van der Waals surface area (Å²) in [7, 11) is 0. The first-order valence-electron chi connectivity index (χ1n) is 8.86. The molecule has 0 aliphatic heterocycles. The SMILES string of the molecule is c1ccc2c(CCCNCCOc3cccc4[nH]ccc34)c[nH]c2c1. The van der Waals surface area contributed by atoms with Crippen molar-refractivity contribution in [2.75, 3.05) is 19.7 Å². The van der Waals surface area contributed by atoms with Gasteiger partial charge >= 0.3 is 0 Å². The molecule has 4 nitrogen and oxygen atoms in total. The monoisotopic (exact) mass is 333 g/mol. The van der Waals surface area contributed by atoms with Crippen LogP contribution in [0.1, 0.15) is 12.0 Å². The quantitative estimate of drug-likeness (QED) is 0.422. The van der Waals surface area contributed by atoms with E-state index in [4.69, 9.17) is 4.74 Å². The van der Waals surface area contributed by atoms with Crippen molar-refractivity contribution in [1.29, 1.82) is 0 Å². The molecule has 0 radical (unpaired) electrons. The van der Waals surface area contributed by atoms with Gasteiger partial charge in [0, 0.05) is 40.7 Å². The van der Waals surface area contributed by atoms with Crippen LogP contribution in [0.25, 0.3) is 21.8 Å². The van der Waals surface area contributed by atoms with E-state index < -0.39 is 0 Å². The van der Waals surface area contributed by atoms with Gasteiger partial charge in [0.15, 0.2) is 0 Å². The number of hydrogen-bond acceptors (Lipinski definition) is 2. The molecule has 2 heterocycles. The van der Waals surface area contributed by atoms with Crippen molar-refractivity contribution >= 4 is 21.8 Å². The molecule has 0 unspecified atom stereocenters. The topological polar surface area (TPSA) is 52.8 Å². The Morgan fingerprint density at radius 3 is 2.72 bits per heavy atom. The number of aryl methyl sites for hydroxylation is 1. The van der Waals surface area contributed by atoms with Crippen LogP contribution < -0.4 is 10.1 Å². The summed E-state index contributed by atoms with van der Waals surface area (Å²) in [5.41, 5.74) is 3.73. The third-order valence-electron chi connectivity index (χ3n) is 4.57. The molecular formula is C21H23N3O. The van der Waals surface area contributed by atoms with Crippen molar-refractivity contribution in [3.63, 3.8) is 0 Å². The van der Waals surface area contributed by atoms with E-state index in [0.29, 0.717) is 6.61 Å². The van der Waals surface area contributed by atoms with Gasteiger partial charge < -0.3 is 20.0 Å². The number of H-pyrrole nitrogens is 2. The first kappa shape index (κ1) is 15.8. The number of ether oxygens (including phenoxy) is 1. The lowest BCUT2D eigenvalue weighted by atomic mass is 10.1. The second-order valence-corrected chi connectivity index (χ2v) is 6.26. The number of nitrogens with one attached hydrogen (secondary N) is 3. The molecule has 0 amide bonds. The molecule has 0 saturated heterocycles. The van der Waals surface area contributed by atoms with Crippen LogP contribution in [0.3, 0.4) is 0 Å². The van der Waals surface area contributed by atoms with E-state index in [2.05, 4.69) is 57.9 Å². The maximum Gasteiger partial charge on any atom is 0.128 e. The van der Waals surface area contributed by atoms with Crippen molar-refractivity contribution in [2.45, 2.75) is 12.8 Å². The second-order valence-electron chi connectivity index (χ2n) is 6.26. The average molecular weight is 333 g/mol. The molecule has 0 spiro atoms. The molecule has 0 aliphatic rings. The fourth-order valence-corrected chi connectivity index (χ4v) is 3.28. The highest BCUT2D eigenvalue weighted by molar-refractivity contribution is 5.85. The van der Waals surface area contributed by atoms with Crippen LogP contribution in [0.2, 0.25) is 0 Å². The van der Waals surface area contributed by atoms with E-state index in [1.807, 2.05) is 18.3 Å². The predicted octanol–water partition coefficient (Wildman–Crippen LogP) is 4.25. The van der Waals surface area contributed by atoms with E-state index in [9.17, 15) is 0 Å². The van der Waals surface area contributed by atoms with Gasteiger partial charge in [-0.15, -0.1) is 0 Å². The highest BCUT2D eigenvalue weighted by atomic mass is 16.5. The highest BCUT2D eigenvalue weighted by Gasteiger charge is 2.03. The molecule has 3 N–H and O–H groups in total. The summed E-state index contributed by atoms with van der Waals surface area (Å²) in [6.07, 6.45) is 6.28. The highest BCUT2D eigenvalue weighted by Crippen LogP contribution is 2.24. The third-order valence-corrected chi connectivity index (χ3v) is 4.57. The van der Waals surface area contributed by atoms with Gasteiger partial charge in [0.25, 0.3) is 0 Å². The van der Waals surface area contributed by atoms with Crippen LogP contribution >= 0.6 is 0 Å². The molecule has 2 aromatic heterocycles. The number of para-hydroxylation sites is 1. The molecule has 4 aromatic rings. The third kappa shape index (κ3) is 3.54. The van der Waals surface area contributed by atoms with Crippen LogP contribution in [0.5, 0.6) is 5.75 Å². The normalized spacial score (nSPS) is 11.4. The van der Waals surface area contributed by atoms with Crippen molar-refractivity contribution in [2.24, 2.45) is 0 Å². The van der Waals surface area contributed by atoms with Crippen molar-refractivity contribution in [3.8, 4) is 5.75 Å². The summed E-state index contributed by atoms with van der Waals surface area (Å²) < 4.78 is 5.90. The van der Waals surface area contributed by atoms with E-state index in [1.165, 1.54) is 16.5 Å². The Labute approximate surface area is 147 Å². The van der Waals surface area contributed by atoms with Gasteiger partial charge in [0.2, 0.25) is 0 Å². The molecule has 0 bridgehead atoms. The first-order valence-corrected chi connectivity index (χ1v) is 8.86. The number of benzene rings is 2. The molecule has 0 aliphatic carbocycles. The zero-order chi connectivity index (χ0) is 16.9. The van der Waals surface area contributed by atoms with Gasteiger partial charge in [-0.05, 0) is 49.2 Å². The van der Waals surface area contributed by atoms with Gasteiger partial charge in [-0.25, -0.2) is 0 Å². The summed E-state index contributed by atoms with van der Waals surface area (Å²) >= 11 is 0. The lowest BCUT2D eigenvalue weighted by Gasteiger charge is -2.08. The summed E-state index contributed by atoms with van der Waals surface area (Å²) in [6.45, 7) is 2.53. The van der Waals surface area contributed by atoms with Crippen LogP contribution in [-0.4, -0.2) is 29.7 Å². The van der Waals surface area contributed by atoms with Gasteiger partial charge in [-0.3, -0.25) is 0 Å². The van der Waals surface area contributed by atoms with Crippen LogP contribution in [-0.2, 0) is 6.42 Å². The van der Waals surface area contributed by atoms with Crippen LogP contribution in [0.4, 0.5) is 0 Å². The fraction of sp³-hybridized carbons (Fsp3) is 0.238. The Kier molecular flexibility index (Phi) is 4.70.